The second kappa shape index (κ2) is 9.47. The zero-order chi connectivity index (χ0) is 25.4. The third kappa shape index (κ3) is 4.59. The van der Waals surface area contributed by atoms with Gasteiger partial charge in [0.05, 0.1) is 18.1 Å². The molecule has 8 nitrogen and oxygen atoms in total. The minimum atomic E-state index is -3.68. The monoisotopic (exact) mass is 500 g/mol. The van der Waals surface area contributed by atoms with Crippen LogP contribution in [0.4, 0.5) is 0 Å². The summed E-state index contributed by atoms with van der Waals surface area (Å²) in [4.78, 5) is 25.7. The molecular formula is C24H32N4O4SSi. The van der Waals surface area contributed by atoms with E-state index in [0.717, 1.165) is 6.26 Å². The van der Waals surface area contributed by atoms with Crippen LogP contribution in [0, 0.1) is 18.4 Å². The van der Waals surface area contributed by atoms with E-state index in [-0.39, 0.29) is 22.9 Å². The second-order valence-electron chi connectivity index (χ2n) is 9.67. The molecule has 3 aromatic rings. The van der Waals surface area contributed by atoms with Gasteiger partial charge < -0.3 is 4.42 Å². The first-order chi connectivity index (χ1) is 15.8. The van der Waals surface area contributed by atoms with Crippen molar-refractivity contribution in [2.24, 2.45) is 0 Å². The molecule has 0 aliphatic rings. The summed E-state index contributed by atoms with van der Waals surface area (Å²) in [6.07, 6.45) is 5.28. The Morgan fingerprint density at radius 2 is 1.71 bits per heavy atom. The highest BCUT2D eigenvalue weighted by Crippen LogP contribution is 2.41. The smallest absolute Gasteiger partial charge is 0.256 e. The van der Waals surface area contributed by atoms with E-state index in [9.17, 15) is 13.2 Å². The highest BCUT2D eigenvalue weighted by atomic mass is 32.2. The molecule has 0 aliphatic heterocycles. The average Bonchev–Trinajstić information content (AvgIpc) is 3.25. The van der Waals surface area contributed by atoms with Gasteiger partial charge >= 0.3 is 0 Å². The molecule has 0 aromatic carbocycles. The molecule has 0 radical (unpaired) electrons. The molecule has 3 rings (SSSR count). The highest BCUT2D eigenvalue weighted by Gasteiger charge is 2.41. The molecule has 3 aromatic heterocycles. The Hall–Kier alpha value is -2.77. The van der Waals surface area contributed by atoms with Gasteiger partial charge in [0.15, 0.2) is 6.39 Å². The maximum Gasteiger partial charge on any atom is 0.256 e. The van der Waals surface area contributed by atoms with Crippen LogP contribution in [0.3, 0.4) is 0 Å². The molecule has 0 N–H and O–H groups in total. The minimum Gasteiger partial charge on any atom is -0.447 e. The van der Waals surface area contributed by atoms with E-state index in [1.807, 2.05) is 0 Å². The molecule has 0 fully saturated rings. The molecule has 0 unspecified atom stereocenters. The standard InChI is InChI=1S/C24H32N4O4SSi/c1-15(2)34(16(3)4,17(5)6)10-9-20-18(7)23(29)28(13-19-11-25-14-32-19)22-21(20)12-26-24(27-22)33(8,30)31/h11-12,14-17H,13H2,1-8H3. The summed E-state index contributed by atoms with van der Waals surface area (Å²) in [5, 5.41) is 0.194. The number of rotatable bonds is 6. The van der Waals surface area contributed by atoms with Gasteiger partial charge in [0.2, 0.25) is 15.0 Å². The summed E-state index contributed by atoms with van der Waals surface area (Å²) in [5.41, 5.74) is 5.84. The summed E-state index contributed by atoms with van der Waals surface area (Å²) in [6.45, 7) is 15.1. The van der Waals surface area contributed by atoms with E-state index in [1.54, 1.807) is 6.92 Å². The number of nitrogens with zero attached hydrogens (tertiary/aromatic N) is 4. The summed E-state index contributed by atoms with van der Waals surface area (Å²) < 4.78 is 31.0. The summed E-state index contributed by atoms with van der Waals surface area (Å²) in [6, 6.07) is 0. The van der Waals surface area contributed by atoms with Crippen molar-refractivity contribution in [3.63, 3.8) is 0 Å². The van der Waals surface area contributed by atoms with Crippen LogP contribution in [0.15, 0.2) is 33.2 Å². The van der Waals surface area contributed by atoms with Gasteiger partial charge in [-0.2, -0.15) is 4.98 Å². The van der Waals surface area contributed by atoms with Gasteiger partial charge in [0.25, 0.3) is 5.56 Å². The topological polar surface area (TPSA) is 108 Å². The Kier molecular flexibility index (Phi) is 7.19. The van der Waals surface area contributed by atoms with Gasteiger partial charge in [-0.15, -0.1) is 5.54 Å². The molecule has 0 atom stereocenters. The lowest BCUT2D eigenvalue weighted by Crippen LogP contribution is -2.43. The Morgan fingerprint density at radius 3 is 2.21 bits per heavy atom. The average molecular weight is 501 g/mol. The third-order valence-corrected chi connectivity index (χ3v) is 13.8. The largest absolute Gasteiger partial charge is 0.447 e. The maximum atomic E-state index is 13.5. The van der Waals surface area contributed by atoms with Gasteiger partial charge in [-0.25, -0.2) is 18.4 Å². The van der Waals surface area contributed by atoms with Gasteiger partial charge in [0, 0.05) is 23.6 Å². The van der Waals surface area contributed by atoms with E-state index < -0.39 is 17.9 Å². The fraction of sp³-hybridized carbons (Fsp3) is 0.500. The van der Waals surface area contributed by atoms with Crippen molar-refractivity contribution in [1.29, 1.82) is 0 Å². The van der Waals surface area contributed by atoms with Crippen LogP contribution in [0.2, 0.25) is 16.6 Å². The highest BCUT2D eigenvalue weighted by molar-refractivity contribution is 7.90. The SMILES string of the molecule is Cc1c(C#C[Si](C(C)C)(C(C)C)C(C)C)c2cnc(S(C)(=O)=O)nc2n(Cc2cnco2)c1=O. The molecule has 0 spiro atoms. The van der Waals surface area contributed by atoms with Gasteiger partial charge in [-0.1, -0.05) is 47.5 Å². The van der Waals surface area contributed by atoms with Crippen molar-refractivity contribution >= 4 is 28.9 Å². The lowest BCUT2D eigenvalue weighted by molar-refractivity contribution is 0.487. The molecule has 0 bridgehead atoms. The number of fused-ring (bicyclic) bond motifs is 1. The van der Waals surface area contributed by atoms with Crippen molar-refractivity contribution in [2.45, 2.75) is 76.8 Å². The van der Waals surface area contributed by atoms with Crippen LogP contribution in [0.5, 0.6) is 0 Å². The summed E-state index contributed by atoms with van der Waals surface area (Å²) in [5.74, 6) is 3.81. The Bertz CT molecular complexity index is 1410. The first-order valence-electron chi connectivity index (χ1n) is 11.3. The van der Waals surface area contributed by atoms with Gasteiger partial charge in [-0.05, 0) is 23.5 Å². The molecule has 3 heterocycles. The first kappa shape index (κ1) is 25.8. The zero-order valence-corrected chi connectivity index (χ0v) is 22.8. The van der Waals surface area contributed by atoms with Crippen LogP contribution >= 0.6 is 0 Å². The fourth-order valence-electron chi connectivity index (χ4n) is 4.91. The quantitative estimate of drug-likeness (QED) is 0.285. The van der Waals surface area contributed by atoms with Crippen molar-refractivity contribution in [1.82, 2.24) is 19.5 Å². The van der Waals surface area contributed by atoms with Crippen LogP contribution in [0.25, 0.3) is 11.0 Å². The number of pyridine rings is 1. The van der Waals surface area contributed by atoms with E-state index in [0.29, 0.717) is 38.9 Å². The Morgan fingerprint density at radius 1 is 1.09 bits per heavy atom. The first-order valence-corrected chi connectivity index (χ1v) is 15.4. The van der Waals surface area contributed by atoms with E-state index in [4.69, 9.17) is 4.42 Å². The van der Waals surface area contributed by atoms with Gasteiger partial charge in [0.1, 0.15) is 19.5 Å². The van der Waals surface area contributed by atoms with Crippen LogP contribution in [0.1, 0.15) is 58.4 Å². The molecule has 182 valence electrons. The molecule has 0 aliphatic carbocycles. The van der Waals surface area contributed by atoms with Crippen molar-refractivity contribution < 1.29 is 12.8 Å². The molecular weight excluding hydrogens is 468 g/mol. The fourth-order valence-corrected chi connectivity index (χ4v) is 10.6. The number of aromatic nitrogens is 4. The predicted molar refractivity (Wildman–Crippen MR) is 135 cm³/mol. The Labute approximate surface area is 201 Å². The zero-order valence-electron chi connectivity index (χ0n) is 21.0. The molecule has 0 saturated carbocycles. The number of oxazole rings is 1. The van der Waals surface area contributed by atoms with Gasteiger partial charge in [-0.3, -0.25) is 9.36 Å². The predicted octanol–water partition coefficient (Wildman–Crippen LogP) is 4.11. The second-order valence-corrected chi connectivity index (χ2v) is 17.2. The third-order valence-electron chi connectivity index (χ3n) is 6.61. The van der Waals surface area contributed by atoms with E-state index in [2.05, 4.69) is 68.0 Å². The number of sulfone groups is 1. The molecule has 10 heteroatoms. The number of hydrogen-bond acceptors (Lipinski definition) is 7. The molecule has 0 saturated heterocycles. The van der Waals surface area contributed by atoms with Crippen molar-refractivity contribution in [2.75, 3.05) is 6.26 Å². The van der Waals surface area contributed by atoms with E-state index >= 15 is 0 Å². The molecule has 34 heavy (non-hydrogen) atoms. The van der Waals surface area contributed by atoms with Crippen LogP contribution in [-0.2, 0) is 16.4 Å². The number of hydrogen-bond donors (Lipinski definition) is 0. The normalized spacial score (nSPS) is 12.6. The van der Waals surface area contributed by atoms with Crippen molar-refractivity contribution in [3.05, 3.63) is 46.0 Å². The Balaban J connectivity index is 2.39. The van der Waals surface area contributed by atoms with E-state index in [1.165, 1.54) is 23.4 Å². The minimum absolute atomic E-state index is 0.0623. The van der Waals surface area contributed by atoms with Crippen LogP contribution in [-0.4, -0.2) is 42.3 Å². The lowest BCUT2D eigenvalue weighted by atomic mass is 10.1. The molecule has 0 amide bonds. The van der Waals surface area contributed by atoms with Crippen molar-refractivity contribution in [3.8, 4) is 11.5 Å². The lowest BCUT2D eigenvalue weighted by Gasteiger charge is -2.38. The summed E-state index contributed by atoms with van der Waals surface area (Å²) >= 11 is 0. The maximum absolute atomic E-state index is 13.5. The van der Waals surface area contributed by atoms with Crippen LogP contribution < -0.4 is 5.56 Å². The summed E-state index contributed by atoms with van der Waals surface area (Å²) in [7, 11) is -5.75.